The molecule has 1 saturated heterocycles. The van der Waals surface area contributed by atoms with Crippen LogP contribution in [0.15, 0.2) is 78.1 Å². The first-order valence-electron chi connectivity index (χ1n) is 12.5. The molecule has 8 heteroatoms. The van der Waals surface area contributed by atoms with Gasteiger partial charge in [0.05, 0.1) is 42.4 Å². The minimum atomic E-state index is -0.237. The topological polar surface area (TPSA) is 106 Å². The lowest BCUT2D eigenvalue weighted by molar-refractivity contribution is 0.214. The summed E-state index contributed by atoms with van der Waals surface area (Å²) >= 11 is 0. The maximum Gasteiger partial charge on any atom is 0.251 e. The van der Waals surface area contributed by atoms with Crippen molar-refractivity contribution in [2.45, 2.75) is 25.8 Å². The van der Waals surface area contributed by atoms with Gasteiger partial charge in [-0.05, 0) is 68.6 Å². The summed E-state index contributed by atoms with van der Waals surface area (Å²) in [6, 6.07) is 16.4. The van der Waals surface area contributed by atoms with Crippen LogP contribution in [-0.2, 0) is 0 Å². The van der Waals surface area contributed by atoms with Crippen LogP contribution in [0.5, 0.6) is 5.75 Å². The minimum absolute atomic E-state index is 0.121. The average molecular weight is 493 g/mol. The van der Waals surface area contributed by atoms with Gasteiger partial charge in [0.1, 0.15) is 0 Å². The molecular formula is C29H28N6O2. The molecule has 0 radical (unpaired) electrons. The lowest BCUT2D eigenvalue weighted by Gasteiger charge is -2.22. The van der Waals surface area contributed by atoms with Crippen molar-refractivity contribution in [2.24, 2.45) is 5.92 Å². The van der Waals surface area contributed by atoms with Crippen molar-refractivity contribution < 1.29 is 4.74 Å². The monoisotopic (exact) mass is 492 g/mol. The largest absolute Gasteiger partial charge is 0.490 e. The van der Waals surface area contributed by atoms with Crippen molar-refractivity contribution >= 4 is 0 Å². The molecule has 5 rings (SSSR count). The van der Waals surface area contributed by atoms with Gasteiger partial charge in [-0.2, -0.15) is 5.26 Å². The average Bonchev–Trinajstić information content (AvgIpc) is 2.97. The molecule has 3 aromatic heterocycles. The predicted octanol–water partition coefficient (Wildman–Crippen LogP) is 4.23. The number of hydrogen-bond acceptors (Lipinski definition) is 7. The first-order valence-corrected chi connectivity index (χ1v) is 12.5. The highest BCUT2D eigenvalue weighted by Gasteiger charge is 2.15. The molecule has 1 aromatic carbocycles. The van der Waals surface area contributed by atoms with E-state index in [1.165, 1.54) is 6.07 Å². The van der Waals surface area contributed by atoms with Crippen molar-refractivity contribution in [3.8, 4) is 34.5 Å². The van der Waals surface area contributed by atoms with Crippen LogP contribution in [0.25, 0.3) is 22.6 Å². The summed E-state index contributed by atoms with van der Waals surface area (Å²) in [5.74, 6) is 1.83. The van der Waals surface area contributed by atoms with Gasteiger partial charge in [0.2, 0.25) is 0 Å². The van der Waals surface area contributed by atoms with Gasteiger partial charge in [0.25, 0.3) is 5.56 Å². The number of ether oxygens (including phenoxy) is 1. The molecule has 1 atom stereocenters. The Labute approximate surface area is 215 Å². The second-order valence-corrected chi connectivity index (χ2v) is 9.25. The smallest absolute Gasteiger partial charge is 0.251 e. The van der Waals surface area contributed by atoms with Crippen LogP contribution in [0, 0.1) is 17.2 Å². The van der Waals surface area contributed by atoms with E-state index in [2.05, 4.69) is 26.3 Å². The van der Waals surface area contributed by atoms with Gasteiger partial charge in [-0.3, -0.25) is 9.78 Å². The fourth-order valence-electron chi connectivity index (χ4n) is 4.52. The molecule has 1 aliphatic rings. The summed E-state index contributed by atoms with van der Waals surface area (Å²) < 4.78 is 7.59. The van der Waals surface area contributed by atoms with E-state index in [4.69, 9.17) is 4.74 Å². The zero-order valence-corrected chi connectivity index (χ0v) is 20.7. The standard InChI is InChI=1S/C29H28N6O2/c1-20(35-18-25(5-6-28(35)36)27-13-22(15-30)9-12-32-27)23-3-2-4-24(14-23)29-33-16-26(17-34-29)37-19-21-7-10-31-11-8-21/h2-6,9,12-14,16-18,20-21,31H,7-8,10-11,19H2,1H3/t20-/m1/s1. The van der Waals surface area contributed by atoms with Gasteiger partial charge >= 0.3 is 0 Å². The van der Waals surface area contributed by atoms with Crippen LogP contribution in [0.2, 0.25) is 0 Å². The molecule has 186 valence electrons. The molecule has 1 aliphatic heterocycles. The van der Waals surface area contributed by atoms with Crippen molar-refractivity contribution in [1.82, 2.24) is 24.8 Å². The molecule has 0 bridgehead atoms. The second-order valence-electron chi connectivity index (χ2n) is 9.25. The molecular weight excluding hydrogens is 464 g/mol. The van der Waals surface area contributed by atoms with Gasteiger partial charge in [-0.15, -0.1) is 0 Å². The van der Waals surface area contributed by atoms with E-state index < -0.39 is 0 Å². The molecule has 1 fully saturated rings. The third kappa shape index (κ3) is 5.74. The Balaban J connectivity index is 1.34. The van der Waals surface area contributed by atoms with E-state index in [0.717, 1.165) is 42.6 Å². The Morgan fingerprint density at radius 2 is 1.89 bits per heavy atom. The van der Waals surface area contributed by atoms with Gasteiger partial charge in [0, 0.05) is 29.6 Å². The van der Waals surface area contributed by atoms with Crippen molar-refractivity contribution in [2.75, 3.05) is 19.7 Å². The van der Waals surface area contributed by atoms with Crippen LogP contribution < -0.4 is 15.6 Å². The molecule has 1 N–H and O–H groups in total. The van der Waals surface area contributed by atoms with Crippen molar-refractivity contribution in [3.63, 3.8) is 0 Å². The molecule has 37 heavy (non-hydrogen) atoms. The normalized spacial score (nSPS) is 14.6. The number of rotatable bonds is 7. The van der Waals surface area contributed by atoms with E-state index in [1.807, 2.05) is 31.2 Å². The zero-order valence-electron chi connectivity index (χ0n) is 20.7. The van der Waals surface area contributed by atoms with Crippen LogP contribution in [0.3, 0.4) is 0 Å². The number of pyridine rings is 2. The Hall–Kier alpha value is -4.35. The number of piperidine rings is 1. The highest BCUT2D eigenvalue weighted by Crippen LogP contribution is 2.25. The molecule has 4 heterocycles. The van der Waals surface area contributed by atoms with E-state index in [-0.39, 0.29) is 11.6 Å². The van der Waals surface area contributed by atoms with Gasteiger partial charge < -0.3 is 14.6 Å². The fraction of sp³-hybridized carbons (Fsp3) is 0.276. The SMILES string of the molecule is C[C@H](c1cccc(-c2ncc(OCC3CCNCC3)cn2)c1)n1cc(-c2cc(C#N)ccn2)ccc1=O. The quantitative estimate of drug-likeness (QED) is 0.412. The van der Waals surface area contributed by atoms with E-state index in [9.17, 15) is 10.1 Å². The summed E-state index contributed by atoms with van der Waals surface area (Å²) in [7, 11) is 0. The summed E-state index contributed by atoms with van der Waals surface area (Å²) in [4.78, 5) is 26.2. The molecule has 0 saturated carbocycles. The Morgan fingerprint density at radius 1 is 1.08 bits per heavy atom. The highest BCUT2D eigenvalue weighted by atomic mass is 16.5. The zero-order chi connectivity index (χ0) is 25.6. The Morgan fingerprint density at radius 3 is 2.68 bits per heavy atom. The van der Waals surface area contributed by atoms with Crippen LogP contribution in [-0.4, -0.2) is 39.2 Å². The number of nitriles is 1. The molecule has 0 unspecified atom stereocenters. The minimum Gasteiger partial charge on any atom is -0.490 e. The highest BCUT2D eigenvalue weighted by molar-refractivity contribution is 5.60. The molecule has 0 amide bonds. The fourth-order valence-corrected chi connectivity index (χ4v) is 4.52. The van der Waals surface area contributed by atoms with Gasteiger partial charge in [0.15, 0.2) is 11.6 Å². The van der Waals surface area contributed by atoms with Gasteiger partial charge in [-0.25, -0.2) is 9.97 Å². The molecule has 0 spiro atoms. The number of aromatic nitrogens is 4. The number of benzene rings is 1. The Kier molecular flexibility index (Phi) is 7.33. The van der Waals surface area contributed by atoms with Crippen molar-refractivity contribution in [3.05, 3.63) is 94.8 Å². The third-order valence-electron chi connectivity index (χ3n) is 6.74. The first-order chi connectivity index (χ1) is 18.1. The van der Waals surface area contributed by atoms with Crippen LogP contribution in [0.4, 0.5) is 0 Å². The summed E-state index contributed by atoms with van der Waals surface area (Å²) in [5.41, 5.74) is 3.62. The summed E-state index contributed by atoms with van der Waals surface area (Å²) in [6.07, 6.45) is 9.07. The van der Waals surface area contributed by atoms with E-state index >= 15 is 0 Å². The summed E-state index contributed by atoms with van der Waals surface area (Å²) in [6.45, 7) is 4.74. The second kappa shape index (κ2) is 11.1. The first kappa shape index (κ1) is 24.3. The van der Waals surface area contributed by atoms with E-state index in [1.54, 1.807) is 47.6 Å². The van der Waals surface area contributed by atoms with E-state index in [0.29, 0.717) is 35.4 Å². The maximum atomic E-state index is 12.8. The lowest BCUT2D eigenvalue weighted by atomic mass is 9.99. The van der Waals surface area contributed by atoms with Crippen molar-refractivity contribution in [1.29, 1.82) is 5.26 Å². The third-order valence-corrected chi connectivity index (χ3v) is 6.74. The predicted molar refractivity (Wildman–Crippen MR) is 141 cm³/mol. The number of nitrogens with one attached hydrogen (secondary N) is 1. The summed E-state index contributed by atoms with van der Waals surface area (Å²) in [5, 5.41) is 12.6. The van der Waals surface area contributed by atoms with Crippen LogP contribution >= 0.6 is 0 Å². The molecule has 8 nitrogen and oxygen atoms in total. The Bertz CT molecular complexity index is 1470. The molecule has 4 aromatic rings. The van der Waals surface area contributed by atoms with Crippen LogP contribution in [0.1, 0.15) is 36.9 Å². The number of hydrogen-bond donors (Lipinski definition) is 1. The molecule has 0 aliphatic carbocycles. The maximum absolute atomic E-state index is 12.8. The van der Waals surface area contributed by atoms with Gasteiger partial charge in [-0.1, -0.05) is 18.2 Å². The number of nitrogens with zero attached hydrogens (tertiary/aromatic N) is 5. The lowest BCUT2D eigenvalue weighted by Crippen LogP contribution is -2.30.